The van der Waals surface area contributed by atoms with Crippen LogP contribution in [0.15, 0.2) is 51.9 Å². The highest BCUT2D eigenvalue weighted by molar-refractivity contribution is 5.83. The van der Waals surface area contributed by atoms with Crippen molar-refractivity contribution in [1.29, 1.82) is 0 Å². The lowest BCUT2D eigenvalue weighted by molar-refractivity contribution is -0.288. The van der Waals surface area contributed by atoms with E-state index in [0.717, 1.165) is 27.2 Å². The molecular formula is C32H32O14. The number of hydrogen-bond acceptors (Lipinski definition) is 14. The Kier molecular flexibility index (Phi) is 9.75. The van der Waals surface area contributed by atoms with Crippen molar-refractivity contribution in [3.05, 3.63) is 52.9 Å². The van der Waals surface area contributed by atoms with Crippen LogP contribution in [-0.4, -0.2) is 74.4 Å². The van der Waals surface area contributed by atoms with E-state index in [1.165, 1.54) is 31.4 Å². The van der Waals surface area contributed by atoms with Gasteiger partial charge in [0.1, 0.15) is 30.3 Å². The largest absolute Gasteiger partial charge is 0.490 e. The van der Waals surface area contributed by atoms with Gasteiger partial charge in [-0.15, -0.1) is 0 Å². The number of esters is 4. The Balaban J connectivity index is 1.46. The highest BCUT2D eigenvalue weighted by atomic mass is 16.7. The fourth-order valence-electron chi connectivity index (χ4n) is 5.13. The molecule has 2 aromatic carbocycles. The zero-order valence-corrected chi connectivity index (χ0v) is 25.5. The van der Waals surface area contributed by atoms with Crippen molar-refractivity contribution in [2.45, 2.75) is 64.8 Å². The van der Waals surface area contributed by atoms with Crippen molar-refractivity contribution in [3.8, 4) is 28.4 Å². The van der Waals surface area contributed by atoms with Crippen molar-refractivity contribution in [2.24, 2.45) is 0 Å². The van der Waals surface area contributed by atoms with Crippen LogP contribution < -0.4 is 19.6 Å². The predicted octanol–water partition coefficient (Wildman–Crippen LogP) is 3.08. The third-order valence-electron chi connectivity index (χ3n) is 7.01. The highest BCUT2D eigenvalue weighted by Gasteiger charge is 2.53. The van der Waals surface area contributed by atoms with Gasteiger partial charge in [0.2, 0.25) is 12.4 Å². The van der Waals surface area contributed by atoms with E-state index in [2.05, 4.69) is 0 Å². The van der Waals surface area contributed by atoms with E-state index < -0.39 is 61.2 Å². The standard InChI is InChI=1S/C32H32O14/c1-16(33)40-15-27-29(42-17(2)34)30(43-18(3)35)31(44-19(4)36)32(46-27)45-21-7-8-22-25(13-21)41-14-23(28(22)37)20-6-9-24-26(12-20)39-11-5-10-38-24/h6-9,12-14,27,29-32H,5,10-11,15H2,1-4H3/t27-,29+,30+,31+,32-/m0/s1. The number of rotatable bonds is 8. The van der Waals surface area contributed by atoms with Crippen molar-refractivity contribution >= 4 is 34.8 Å². The molecule has 0 spiro atoms. The van der Waals surface area contributed by atoms with E-state index in [1.54, 1.807) is 18.2 Å². The molecule has 3 heterocycles. The molecule has 0 saturated carbocycles. The fraction of sp³-hybridized carbons (Fsp3) is 0.406. The molecule has 2 aliphatic rings. The third kappa shape index (κ3) is 7.40. The Hall–Kier alpha value is -5.11. The quantitative estimate of drug-likeness (QED) is 0.260. The van der Waals surface area contributed by atoms with Crippen molar-refractivity contribution in [3.63, 3.8) is 0 Å². The van der Waals surface area contributed by atoms with E-state index >= 15 is 0 Å². The molecule has 0 radical (unpaired) electrons. The molecule has 1 aromatic heterocycles. The van der Waals surface area contributed by atoms with Gasteiger partial charge in [-0.1, -0.05) is 6.07 Å². The summed E-state index contributed by atoms with van der Waals surface area (Å²) in [5.41, 5.74) is 0.745. The number of carbonyl (C=O) groups excluding carboxylic acids is 4. The number of benzene rings is 2. The maximum Gasteiger partial charge on any atom is 0.303 e. The average Bonchev–Trinajstić information content (AvgIpc) is 3.24. The number of hydrogen-bond donors (Lipinski definition) is 0. The number of ether oxygens (including phenoxy) is 8. The Bertz CT molecular complexity index is 1690. The SMILES string of the molecule is CC(=O)OC[C@@H]1O[C@H](Oc2ccc3c(=O)c(-c4ccc5c(c4)OCCCO5)coc3c2)[C@H](OC(C)=O)[C@H](OC(C)=O)[C@@H]1OC(C)=O. The average molecular weight is 641 g/mol. The lowest BCUT2D eigenvalue weighted by Crippen LogP contribution is -2.63. The molecule has 0 amide bonds. The molecule has 0 N–H and O–H groups in total. The van der Waals surface area contributed by atoms with Crippen LogP contribution in [0.4, 0.5) is 0 Å². The predicted molar refractivity (Wildman–Crippen MR) is 156 cm³/mol. The van der Waals surface area contributed by atoms with Gasteiger partial charge >= 0.3 is 23.9 Å². The zero-order valence-electron chi connectivity index (χ0n) is 25.5. The van der Waals surface area contributed by atoms with Gasteiger partial charge in [0.15, 0.2) is 29.1 Å². The normalized spacial score (nSPS) is 22.2. The first-order chi connectivity index (χ1) is 22.0. The smallest absolute Gasteiger partial charge is 0.303 e. The van der Waals surface area contributed by atoms with E-state index in [4.69, 9.17) is 42.3 Å². The van der Waals surface area contributed by atoms with E-state index in [-0.39, 0.29) is 22.1 Å². The van der Waals surface area contributed by atoms with Crippen LogP contribution in [0, 0.1) is 0 Å². The van der Waals surface area contributed by atoms with Crippen LogP contribution in [0.25, 0.3) is 22.1 Å². The minimum absolute atomic E-state index is 0.125. The Morgan fingerprint density at radius 1 is 0.783 bits per heavy atom. The van der Waals surface area contributed by atoms with Gasteiger partial charge in [-0.2, -0.15) is 0 Å². The fourth-order valence-corrected chi connectivity index (χ4v) is 5.13. The molecule has 2 aliphatic heterocycles. The van der Waals surface area contributed by atoms with Gasteiger partial charge in [0.25, 0.3) is 0 Å². The van der Waals surface area contributed by atoms with Gasteiger partial charge < -0.3 is 42.3 Å². The number of fused-ring (bicyclic) bond motifs is 2. The lowest BCUT2D eigenvalue weighted by Gasteiger charge is -2.43. The Morgan fingerprint density at radius 2 is 1.46 bits per heavy atom. The van der Waals surface area contributed by atoms with Crippen LogP contribution in [-0.2, 0) is 42.9 Å². The molecule has 3 aromatic rings. The van der Waals surface area contributed by atoms with E-state index in [1.807, 2.05) is 0 Å². The van der Waals surface area contributed by atoms with Crippen molar-refractivity contribution < 1.29 is 61.5 Å². The van der Waals surface area contributed by atoms with E-state index in [9.17, 15) is 24.0 Å². The second kappa shape index (κ2) is 13.9. The lowest BCUT2D eigenvalue weighted by atomic mass is 9.98. The molecule has 1 saturated heterocycles. The van der Waals surface area contributed by atoms with Gasteiger partial charge in [0.05, 0.1) is 24.2 Å². The summed E-state index contributed by atoms with van der Waals surface area (Å²) < 4.78 is 50.6. The third-order valence-corrected chi connectivity index (χ3v) is 7.01. The topological polar surface area (TPSA) is 172 Å². The maximum atomic E-state index is 13.5. The molecule has 5 atom stereocenters. The summed E-state index contributed by atoms with van der Waals surface area (Å²) in [6.07, 6.45) is -4.74. The van der Waals surface area contributed by atoms with Crippen LogP contribution in [0.5, 0.6) is 17.2 Å². The van der Waals surface area contributed by atoms with Crippen LogP contribution in [0.3, 0.4) is 0 Å². The van der Waals surface area contributed by atoms with Crippen molar-refractivity contribution in [1.82, 2.24) is 0 Å². The van der Waals surface area contributed by atoms with Gasteiger partial charge in [0, 0.05) is 40.2 Å². The second-order valence-electron chi connectivity index (χ2n) is 10.5. The summed E-state index contributed by atoms with van der Waals surface area (Å²) >= 11 is 0. The molecule has 14 nitrogen and oxygen atoms in total. The van der Waals surface area contributed by atoms with Crippen LogP contribution >= 0.6 is 0 Å². The maximum absolute atomic E-state index is 13.5. The van der Waals surface area contributed by atoms with Crippen molar-refractivity contribution in [2.75, 3.05) is 19.8 Å². The molecular weight excluding hydrogens is 608 g/mol. The molecule has 5 rings (SSSR count). The summed E-state index contributed by atoms with van der Waals surface area (Å²) in [5.74, 6) is -1.70. The monoisotopic (exact) mass is 640 g/mol. The Labute approximate surface area is 262 Å². The number of carbonyl (C=O) groups is 4. The first-order valence-electron chi connectivity index (χ1n) is 14.4. The molecule has 14 heteroatoms. The Morgan fingerprint density at radius 3 is 2.15 bits per heavy atom. The van der Waals surface area contributed by atoms with Gasteiger partial charge in [-0.05, 0) is 29.8 Å². The summed E-state index contributed by atoms with van der Waals surface area (Å²) in [6.45, 7) is 5.16. The first kappa shape index (κ1) is 32.3. The minimum Gasteiger partial charge on any atom is -0.490 e. The zero-order chi connectivity index (χ0) is 33.0. The summed E-state index contributed by atoms with van der Waals surface area (Å²) in [6, 6.07) is 9.61. The molecule has 0 unspecified atom stereocenters. The molecule has 0 aliphatic carbocycles. The van der Waals surface area contributed by atoms with E-state index in [0.29, 0.717) is 35.8 Å². The highest BCUT2D eigenvalue weighted by Crippen LogP contribution is 2.35. The van der Waals surface area contributed by atoms with Gasteiger partial charge in [-0.3, -0.25) is 24.0 Å². The first-order valence-corrected chi connectivity index (χ1v) is 14.4. The molecule has 244 valence electrons. The minimum atomic E-state index is -1.45. The van der Waals surface area contributed by atoms with Crippen LogP contribution in [0.1, 0.15) is 34.1 Å². The molecule has 46 heavy (non-hydrogen) atoms. The van der Waals surface area contributed by atoms with Gasteiger partial charge in [-0.25, -0.2) is 0 Å². The van der Waals surface area contributed by atoms with Crippen LogP contribution in [0.2, 0.25) is 0 Å². The molecule has 1 fully saturated rings. The second-order valence-corrected chi connectivity index (χ2v) is 10.5. The summed E-state index contributed by atoms with van der Waals surface area (Å²) in [5, 5.41) is 0.249. The summed E-state index contributed by atoms with van der Waals surface area (Å²) in [7, 11) is 0. The molecule has 0 bridgehead atoms. The summed E-state index contributed by atoms with van der Waals surface area (Å²) in [4.78, 5) is 61.2.